The topological polar surface area (TPSA) is 49.8 Å². The van der Waals surface area contributed by atoms with Crippen LogP contribution in [0.5, 0.6) is 0 Å². The molecule has 0 radical (unpaired) electrons. The summed E-state index contributed by atoms with van der Waals surface area (Å²) in [6, 6.07) is 2.55. The smallest absolute Gasteiger partial charge is 0.224 e. The Morgan fingerprint density at radius 1 is 1.50 bits per heavy atom. The molecule has 0 aliphatic heterocycles. The Bertz CT molecular complexity index is 296. The zero-order chi connectivity index (χ0) is 9.80. The predicted molar refractivity (Wildman–Crippen MR) is 57.5 cm³/mol. The lowest BCUT2D eigenvalue weighted by Gasteiger charge is -2.06. The lowest BCUT2D eigenvalue weighted by atomic mass is 10.5. The second-order valence-electron chi connectivity index (χ2n) is 3.61. The number of hydrogen-bond donors (Lipinski definition) is 2. The van der Waals surface area contributed by atoms with E-state index in [1.54, 1.807) is 6.20 Å². The fourth-order valence-electron chi connectivity index (χ4n) is 1.20. The predicted octanol–water partition coefficient (Wildman–Crippen LogP) is 1.87. The third-order valence-corrected chi connectivity index (χ3v) is 2.12. The van der Waals surface area contributed by atoms with Crippen LogP contribution in [0.1, 0.15) is 26.2 Å². The second-order valence-corrected chi connectivity index (χ2v) is 3.61. The maximum atomic E-state index is 4.36. The lowest BCUT2D eigenvalue weighted by molar-refractivity contribution is 0.950. The van der Waals surface area contributed by atoms with Crippen LogP contribution in [-0.4, -0.2) is 22.6 Å². The first-order valence-corrected chi connectivity index (χ1v) is 5.22. The summed E-state index contributed by atoms with van der Waals surface area (Å²) in [5, 5.41) is 6.51. The quantitative estimate of drug-likeness (QED) is 0.747. The van der Waals surface area contributed by atoms with Crippen molar-refractivity contribution in [3.63, 3.8) is 0 Å². The fraction of sp³-hybridized carbons (Fsp3) is 0.600. The van der Waals surface area contributed by atoms with Gasteiger partial charge in [-0.1, -0.05) is 6.92 Å². The van der Waals surface area contributed by atoms with E-state index < -0.39 is 0 Å². The molecule has 1 saturated carbocycles. The summed E-state index contributed by atoms with van der Waals surface area (Å²) in [6.07, 6.45) is 5.41. The van der Waals surface area contributed by atoms with E-state index in [1.165, 1.54) is 12.8 Å². The van der Waals surface area contributed by atoms with Crippen LogP contribution < -0.4 is 10.6 Å². The highest BCUT2D eigenvalue weighted by Crippen LogP contribution is 2.23. The SMILES string of the molecule is CCCNc1nccc(NC2CC2)n1. The Hall–Kier alpha value is -1.32. The average Bonchev–Trinajstić information content (AvgIpc) is 2.99. The minimum atomic E-state index is 0.643. The van der Waals surface area contributed by atoms with Crippen molar-refractivity contribution in [2.75, 3.05) is 17.2 Å². The largest absolute Gasteiger partial charge is 0.367 e. The Labute approximate surface area is 84.2 Å². The molecule has 0 saturated heterocycles. The van der Waals surface area contributed by atoms with Gasteiger partial charge in [-0.25, -0.2) is 4.98 Å². The Kier molecular flexibility index (Phi) is 2.81. The summed E-state index contributed by atoms with van der Waals surface area (Å²) in [5.74, 6) is 1.65. The Balaban J connectivity index is 1.94. The van der Waals surface area contributed by atoms with Gasteiger partial charge in [-0.05, 0) is 25.3 Å². The number of hydrogen-bond acceptors (Lipinski definition) is 4. The molecule has 1 aliphatic carbocycles. The standard InChI is InChI=1S/C10H16N4/c1-2-6-11-10-12-7-5-9(14-10)13-8-3-4-8/h5,7-8H,2-4,6H2,1H3,(H2,11,12,13,14). The number of nitrogens with zero attached hydrogens (tertiary/aromatic N) is 2. The van der Waals surface area contributed by atoms with Crippen molar-refractivity contribution in [1.82, 2.24) is 9.97 Å². The third-order valence-electron chi connectivity index (χ3n) is 2.12. The molecular formula is C10H16N4. The van der Waals surface area contributed by atoms with E-state index in [9.17, 15) is 0 Å². The van der Waals surface area contributed by atoms with Gasteiger partial charge in [0.2, 0.25) is 5.95 Å². The molecule has 1 fully saturated rings. The summed E-state index contributed by atoms with van der Waals surface area (Å²) in [7, 11) is 0. The van der Waals surface area contributed by atoms with E-state index in [2.05, 4.69) is 27.5 Å². The van der Waals surface area contributed by atoms with Crippen LogP contribution in [0, 0.1) is 0 Å². The minimum absolute atomic E-state index is 0.643. The molecule has 0 atom stereocenters. The van der Waals surface area contributed by atoms with Crippen molar-refractivity contribution in [2.24, 2.45) is 0 Å². The highest BCUT2D eigenvalue weighted by atomic mass is 15.1. The van der Waals surface area contributed by atoms with Crippen molar-refractivity contribution < 1.29 is 0 Å². The molecule has 4 nitrogen and oxygen atoms in total. The number of anilines is 2. The normalized spacial score (nSPS) is 15.2. The minimum Gasteiger partial charge on any atom is -0.367 e. The van der Waals surface area contributed by atoms with E-state index in [1.807, 2.05) is 6.07 Å². The molecule has 14 heavy (non-hydrogen) atoms. The van der Waals surface area contributed by atoms with E-state index >= 15 is 0 Å². The Morgan fingerprint density at radius 3 is 3.07 bits per heavy atom. The average molecular weight is 192 g/mol. The van der Waals surface area contributed by atoms with Gasteiger partial charge in [0.25, 0.3) is 0 Å². The first kappa shape index (κ1) is 9.24. The van der Waals surface area contributed by atoms with Crippen LogP contribution >= 0.6 is 0 Å². The fourth-order valence-corrected chi connectivity index (χ4v) is 1.20. The molecule has 1 aromatic heterocycles. The highest BCUT2D eigenvalue weighted by molar-refractivity contribution is 5.41. The van der Waals surface area contributed by atoms with Crippen molar-refractivity contribution in [2.45, 2.75) is 32.2 Å². The van der Waals surface area contributed by atoms with Gasteiger partial charge >= 0.3 is 0 Å². The second kappa shape index (κ2) is 4.26. The van der Waals surface area contributed by atoms with Crippen LogP contribution in [-0.2, 0) is 0 Å². The monoisotopic (exact) mass is 192 g/mol. The van der Waals surface area contributed by atoms with E-state index in [0.29, 0.717) is 6.04 Å². The van der Waals surface area contributed by atoms with E-state index in [0.717, 1.165) is 24.7 Å². The van der Waals surface area contributed by atoms with Gasteiger partial charge < -0.3 is 10.6 Å². The van der Waals surface area contributed by atoms with Gasteiger partial charge in [-0.3, -0.25) is 0 Å². The van der Waals surface area contributed by atoms with Crippen LogP contribution in [0.3, 0.4) is 0 Å². The molecule has 76 valence electrons. The molecule has 1 aliphatic rings. The maximum absolute atomic E-state index is 4.36. The third kappa shape index (κ3) is 2.58. The van der Waals surface area contributed by atoms with Gasteiger partial charge in [0.15, 0.2) is 0 Å². The van der Waals surface area contributed by atoms with Crippen molar-refractivity contribution in [3.05, 3.63) is 12.3 Å². The maximum Gasteiger partial charge on any atom is 0.224 e. The number of nitrogens with one attached hydrogen (secondary N) is 2. The molecule has 0 unspecified atom stereocenters. The summed E-state index contributed by atoms with van der Waals surface area (Å²) in [4.78, 5) is 8.50. The number of rotatable bonds is 5. The van der Waals surface area contributed by atoms with Gasteiger partial charge in [-0.2, -0.15) is 4.98 Å². The van der Waals surface area contributed by atoms with Crippen LogP contribution in [0.4, 0.5) is 11.8 Å². The molecule has 2 rings (SSSR count). The molecule has 0 bridgehead atoms. The van der Waals surface area contributed by atoms with Crippen LogP contribution in [0.15, 0.2) is 12.3 Å². The summed E-state index contributed by atoms with van der Waals surface area (Å²) in [5.41, 5.74) is 0. The number of aromatic nitrogens is 2. The van der Waals surface area contributed by atoms with Gasteiger partial charge in [0, 0.05) is 18.8 Å². The first-order chi connectivity index (χ1) is 6.88. The van der Waals surface area contributed by atoms with Crippen molar-refractivity contribution in [1.29, 1.82) is 0 Å². The molecular weight excluding hydrogens is 176 g/mol. The van der Waals surface area contributed by atoms with E-state index in [-0.39, 0.29) is 0 Å². The Morgan fingerprint density at radius 2 is 2.36 bits per heavy atom. The molecule has 1 aromatic rings. The zero-order valence-electron chi connectivity index (χ0n) is 8.45. The van der Waals surface area contributed by atoms with Crippen LogP contribution in [0.25, 0.3) is 0 Å². The van der Waals surface area contributed by atoms with Gasteiger partial charge in [-0.15, -0.1) is 0 Å². The molecule has 0 aromatic carbocycles. The van der Waals surface area contributed by atoms with Crippen molar-refractivity contribution in [3.8, 4) is 0 Å². The van der Waals surface area contributed by atoms with Gasteiger partial charge in [0.1, 0.15) is 5.82 Å². The molecule has 0 amide bonds. The molecule has 0 spiro atoms. The summed E-state index contributed by atoms with van der Waals surface area (Å²) in [6.45, 7) is 3.05. The molecule has 2 N–H and O–H groups in total. The lowest BCUT2D eigenvalue weighted by Crippen LogP contribution is -2.08. The highest BCUT2D eigenvalue weighted by Gasteiger charge is 2.21. The molecule has 4 heteroatoms. The van der Waals surface area contributed by atoms with E-state index in [4.69, 9.17) is 0 Å². The van der Waals surface area contributed by atoms with Crippen molar-refractivity contribution >= 4 is 11.8 Å². The first-order valence-electron chi connectivity index (χ1n) is 5.22. The molecule has 1 heterocycles. The van der Waals surface area contributed by atoms with Crippen LogP contribution in [0.2, 0.25) is 0 Å². The summed E-state index contributed by atoms with van der Waals surface area (Å²) >= 11 is 0. The summed E-state index contributed by atoms with van der Waals surface area (Å²) < 4.78 is 0. The zero-order valence-corrected chi connectivity index (χ0v) is 8.45. The van der Waals surface area contributed by atoms with Gasteiger partial charge in [0.05, 0.1) is 0 Å².